The zero-order valence-electron chi connectivity index (χ0n) is 17.3. The number of hydrogen-bond acceptors (Lipinski definition) is 7. The summed E-state index contributed by atoms with van der Waals surface area (Å²) in [5.74, 6) is 0.743. The van der Waals surface area contributed by atoms with Gasteiger partial charge in [0, 0.05) is 22.6 Å². The molecular formula is C22H19BrN4O4S. The average Bonchev–Trinajstić information content (AvgIpc) is 3.35. The monoisotopic (exact) mass is 514 g/mol. The van der Waals surface area contributed by atoms with E-state index in [1.807, 2.05) is 31.3 Å². The predicted octanol–water partition coefficient (Wildman–Crippen LogP) is 4.90. The van der Waals surface area contributed by atoms with Crippen LogP contribution in [0.15, 0.2) is 62.6 Å². The van der Waals surface area contributed by atoms with Crippen molar-refractivity contribution in [1.29, 1.82) is 0 Å². The van der Waals surface area contributed by atoms with Gasteiger partial charge in [-0.15, -0.1) is 10.2 Å². The quantitative estimate of drug-likeness (QED) is 0.276. The largest absolute Gasteiger partial charge is 0.462 e. The number of carbonyl (C=O) groups is 2. The number of thioether (sulfide) groups is 1. The van der Waals surface area contributed by atoms with Crippen molar-refractivity contribution in [3.63, 3.8) is 0 Å². The Kier molecular flexibility index (Phi) is 6.61. The van der Waals surface area contributed by atoms with E-state index in [0.717, 1.165) is 15.4 Å². The number of anilines is 1. The van der Waals surface area contributed by atoms with Gasteiger partial charge in [-0.1, -0.05) is 27.7 Å². The maximum absolute atomic E-state index is 12.3. The van der Waals surface area contributed by atoms with Gasteiger partial charge in [0.2, 0.25) is 5.91 Å². The highest BCUT2D eigenvalue weighted by molar-refractivity contribution is 9.10. The molecule has 1 amide bonds. The van der Waals surface area contributed by atoms with E-state index in [0.29, 0.717) is 34.6 Å². The van der Waals surface area contributed by atoms with Gasteiger partial charge in [-0.3, -0.25) is 4.79 Å². The lowest BCUT2D eigenvalue weighted by atomic mass is 10.2. The van der Waals surface area contributed by atoms with Crippen LogP contribution in [0, 0.1) is 0 Å². The van der Waals surface area contributed by atoms with E-state index in [1.165, 1.54) is 11.8 Å². The SMILES string of the molecule is CCOC(=O)c1ccc(NC(=O)CSc2nnc(-c3cc4cc(Br)ccc4o3)n2C)cc1. The van der Waals surface area contributed by atoms with Crippen LogP contribution in [0.2, 0.25) is 0 Å². The zero-order valence-corrected chi connectivity index (χ0v) is 19.7. The van der Waals surface area contributed by atoms with Crippen LogP contribution in [-0.2, 0) is 16.6 Å². The molecule has 0 atom stereocenters. The van der Waals surface area contributed by atoms with Crippen molar-refractivity contribution in [3.8, 4) is 11.6 Å². The molecule has 2 heterocycles. The molecule has 0 aliphatic carbocycles. The molecule has 0 bridgehead atoms. The van der Waals surface area contributed by atoms with Crippen LogP contribution in [0.4, 0.5) is 5.69 Å². The summed E-state index contributed by atoms with van der Waals surface area (Å²) in [7, 11) is 1.83. The minimum absolute atomic E-state index is 0.151. The first-order valence-electron chi connectivity index (χ1n) is 9.73. The second-order valence-corrected chi connectivity index (χ2v) is 8.65. The lowest BCUT2D eigenvalue weighted by Gasteiger charge is -2.06. The van der Waals surface area contributed by atoms with Crippen molar-refractivity contribution in [3.05, 3.63) is 58.6 Å². The van der Waals surface area contributed by atoms with Crippen LogP contribution in [0.5, 0.6) is 0 Å². The third-order valence-corrected chi connectivity index (χ3v) is 6.06. The van der Waals surface area contributed by atoms with E-state index in [2.05, 4.69) is 31.4 Å². The molecule has 8 nitrogen and oxygen atoms in total. The van der Waals surface area contributed by atoms with Crippen LogP contribution < -0.4 is 5.32 Å². The third-order valence-electron chi connectivity index (χ3n) is 4.55. The highest BCUT2D eigenvalue weighted by atomic mass is 79.9. The Labute approximate surface area is 196 Å². The molecule has 0 aliphatic rings. The number of amides is 1. The fourth-order valence-corrected chi connectivity index (χ4v) is 4.10. The van der Waals surface area contributed by atoms with E-state index in [4.69, 9.17) is 9.15 Å². The standard InChI is InChI=1S/C22H19BrN4O4S/c1-3-30-21(29)13-4-7-16(8-5-13)24-19(28)12-32-22-26-25-20(27(22)2)18-11-14-10-15(23)6-9-17(14)31-18/h4-11H,3,12H2,1-2H3,(H,24,28). The molecule has 0 saturated heterocycles. The van der Waals surface area contributed by atoms with Crippen molar-refractivity contribution in [2.24, 2.45) is 7.05 Å². The molecule has 164 valence electrons. The van der Waals surface area contributed by atoms with Gasteiger partial charge >= 0.3 is 5.97 Å². The molecule has 2 aromatic carbocycles. The number of ether oxygens (including phenoxy) is 1. The molecule has 0 fully saturated rings. The minimum Gasteiger partial charge on any atom is -0.462 e. The molecular weight excluding hydrogens is 496 g/mol. The molecule has 0 unspecified atom stereocenters. The molecule has 32 heavy (non-hydrogen) atoms. The van der Waals surface area contributed by atoms with Crippen LogP contribution in [-0.4, -0.2) is 39.0 Å². The van der Waals surface area contributed by atoms with Gasteiger partial charge in [-0.2, -0.15) is 0 Å². The number of halogens is 1. The van der Waals surface area contributed by atoms with Crippen molar-refractivity contribution in [2.75, 3.05) is 17.7 Å². The number of rotatable bonds is 7. The molecule has 0 saturated carbocycles. The normalized spacial score (nSPS) is 11.0. The number of nitrogens with one attached hydrogen (secondary N) is 1. The summed E-state index contributed by atoms with van der Waals surface area (Å²) >= 11 is 4.72. The van der Waals surface area contributed by atoms with Gasteiger partial charge in [0.15, 0.2) is 16.7 Å². The van der Waals surface area contributed by atoms with Crippen LogP contribution in [0.3, 0.4) is 0 Å². The summed E-state index contributed by atoms with van der Waals surface area (Å²) < 4.78 is 13.6. The highest BCUT2D eigenvalue weighted by Gasteiger charge is 2.17. The van der Waals surface area contributed by atoms with E-state index in [-0.39, 0.29) is 11.7 Å². The molecule has 4 aromatic rings. The summed E-state index contributed by atoms with van der Waals surface area (Å²) in [6.07, 6.45) is 0. The first kappa shape index (κ1) is 22.1. The molecule has 0 aliphatic heterocycles. The van der Waals surface area contributed by atoms with E-state index in [9.17, 15) is 9.59 Å². The van der Waals surface area contributed by atoms with E-state index >= 15 is 0 Å². The second kappa shape index (κ2) is 9.58. The Hall–Kier alpha value is -3.11. The van der Waals surface area contributed by atoms with Crippen molar-refractivity contribution in [2.45, 2.75) is 12.1 Å². The Morgan fingerprint density at radius 2 is 1.94 bits per heavy atom. The van der Waals surface area contributed by atoms with Crippen LogP contribution >= 0.6 is 27.7 Å². The zero-order chi connectivity index (χ0) is 22.7. The summed E-state index contributed by atoms with van der Waals surface area (Å²) in [6.45, 7) is 2.06. The smallest absolute Gasteiger partial charge is 0.338 e. The summed E-state index contributed by atoms with van der Waals surface area (Å²) in [5.41, 5.74) is 1.79. The summed E-state index contributed by atoms with van der Waals surface area (Å²) in [5, 5.41) is 12.7. The third kappa shape index (κ3) is 4.86. The molecule has 4 rings (SSSR count). The molecule has 2 aromatic heterocycles. The minimum atomic E-state index is -0.392. The Morgan fingerprint density at radius 3 is 2.69 bits per heavy atom. The maximum atomic E-state index is 12.3. The van der Waals surface area contributed by atoms with E-state index in [1.54, 1.807) is 35.8 Å². The Balaban J connectivity index is 1.38. The fraction of sp³-hybridized carbons (Fsp3) is 0.182. The first-order valence-corrected chi connectivity index (χ1v) is 11.5. The summed E-state index contributed by atoms with van der Waals surface area (Å²) in [4.78, 5) is 24.0. The first-order chi connectivity index (χ1) is 15.4. The Morgan fingerprint density at radius 1 is 1.16 bits per heavy atom. The number of carbonyl (C=O) groups excluding carboxylic acids is 2. The number of furan rings is 1. The van der Waals surface area contributed by atoms with Gasteiger partial charge in [-0.25, -0.2) is 4.79 Å². The van der Waals surface area contributed by atoms with Gasteiger partial charge < -0.3 is 19.0 Å². The predicted molar refractivity (Wildman–Crippen MR) is 126 cm³/mol. The molecule has 0 radical (unpaired) electrons. The second-order valence-electron chi connectivity index (χ2n) is 6.79. The number of hydrogen-bond donors (Lipinski definition) is 1. The van der Waals surface area contributed by atoms with Gasteiger partial charge in [0.25, 0.3) is 0 Å². The van der Waals surface area contributed by atoms with Crippen molar-refractivity contribution < 1.29 is 18.7 Å². The number of aromatic nitrogens is 3. The van der Waals surface area contributed by atoms with Crippen LogP contribution in [0.1, 0.15) is 17.3 Å². The van der Waals surface area contributed by atoms with Gasteiger partial charge in [0.05, 0.1) is 17.9 Å². The molecule has 0 spiro atoms. The lowest BCUT2D eigenvalue weighted by Crippen LogP contribution is -2.14. The van der Waals surface area contributed by atoms with Crippen LogP contribution in [0.25, 0.3) is 22.6 Å². The number of esters is 1. The average molecular weight is 515 g/mol. The summed E-state index contributed by atoms with van der Waals surface area (Å²) in [6, 6.07) is 14.2. The number of fused-ring (bicyclic) bond motifs is 1. The molecule has 1 N–H and O–H groups in total. The lowest BCUT2D eigenvalue weighted by molar-refractivity contribution is -0.113. The fourth-order valence-electron chi connectivity index (χ4n) is 3.01. The van der Waals surface area contributed by atoms with E-state index < -0.39 is 5.97 Å². The van der Waals surface area contributed by atoms with Gasteiger partial charge in [0.1, 0.15) is 5.58 Å². The van der Waals surface area contributed by atoms with Gasteiger partial charge in [-0.05, 0) is 55.5 Å². The highest BCUT2D eigenvalue weighted by Crippen LogP contribution is 2.30. The number of nitrogens with zero attached hydrogens (tertiary/aromatic N) is 3. The van der Waals surface area contributed by atoms with Crippen molar-refractivity contribution >= 4 is 56.2 Å². The molecule has 10 heteroatoms. The number of benzene rings is 2. The Bertz CT molecular complexity index is 1280. The topological polar surface area (TPSA) is 99.2 Å². The maximum Gasteiger partial charge on any atom is 0.338 e. The van der Waals surface area contributed by atoms with Crippen molar-refractivity contribution in [1.82, 2.24) is 14.8 Å².